The molecule has 6 heteroatoms. The third-order valence-corrected chi connectivity index (χ3v) is 2.82. The minimum atomic E-state index is 0.202. The Morgan fingerprint density at radius 1 is 1.35 bits per heavy atom. The monoisotopic (exact) mass is 248 g/mol. The van der Waals surface area contributed by atoms with Crippen molar-refractivity contribution < 1.29 is 5.11 Å². The molecular formula is C11H12N4OS. The van der Waals surface area contributed by atoms with Crippen LogP contribution in [0, 0.1) is 6.92 Å². The van der Waals surface area contributed by atoms with E-state index in [4.69, 9.17) is 0 Å². The van der Waals surface area contributed by atoms with Crippen LogP contribution in [0.5, 0.6) is 5.75 Å². The first-order valence-corrected chi connectivity index (χ1v) is 6.23. The Labute approximate surface area is 103 Å². The van der Waals surface area contributed by atoms with Gasteiger partial charge in [-0.3, -0.25) is 0 Å². The maximum Gasteiger partial charge on any atom is 0.211 e. The van der Waals surface area contributed by atoms with E-state index in [2.05, 4.69) is 15.3 Å². The van der Waals surface area contributed by atoms with Crippen molar-refractivity contribution in [3.63, 3.8) is 0 Å². The fraction of sp³-hybridized carbons (Fsp3) is 0.182. The fourth-order valence-electron chi connectivity index (χ4n) is 1.32. The SMILES string of the molecule is CSc1nnc(C)n1/N=C\c1ccccc1O. The number of benzene rings is 1. The number of nitrogens with zero attached hydrogens (tertiary/aromatic N) is 4. The van der Waals surface area contributed by atoms with Crippen LogP contribution in [0.1, 0.15) is 11.4 Å². The molecule has 0 bridgehead atoms. The normalized spacial score (nSPS) is 11.2. The van der Waals surface area contributed by atoms with Crippen LogP contribution in [0.4, 0.5) is 0 Å². The lowest BCUT2D eigenvalue weighted by molar-refractivity contribution is 0.474. The summed E-state index contributed by atoms with van der Waals surface area (Å²) >= 11 is 1.47. The van der Waals surface area contributed by atoms with E-state index >= 15 is 0 Å². The molecule has 2 rings (SSSR count). The first-order valence-electron chi connectivity index (χ1n) is 5.00. The largest absolute Gasteiger partial charge is 0.507 e. The predicted molar refractivity (Wildman–Crippen MR) is 67.6 cm³/mol. The molecule has 17 heavy (non-hydrogen) atoms. The van der Waals surface area contributed by atoms with Gasteiger partial charge in [-0.05, 0) is 25.3 Å². The van der Waals surface area contributed by atoms with E-state index in [9.17, 15) is 5.11 Å². The van der Waals surface area contributed by atoms with Crippen molar-refractivity contribution in [2.45, 2.75) is 12.1 Å². The Morgan fingerprint density at radius 3 is 2.82 bits per heavy atom. The Kier molecular flexibility index (Phi) is 3.43. The average Bonchev–Trinajstić information content (AvgIpc) is 2.69. The van der Waals surface area contributed by atoms with E-state index in [0.29, 0.717) is 16.5 Å². The van der Waals surface area contributed by atoms with Crippen LogP contribution in [0.15, 0.2) is 34.5 Å². The molecule has 0 aliphatic rings. The summed E-state index contributed by atoms with van der Waals surface area (Å²) in [6.07, 6.45) is 3.50. The van der Waals surface area contributed by atoms with Gasteiger partial charge in [0.2, 0.25) is 5.16 Å². The van der Waals surface area contributed by atoms with Crippen LogP contribution < -0.4 is 0 Å². The molecule has 1 N–H and O–H groups in total. The number of aromatic hydroxyl groups is 1. The van der Waals surface area contributed by atoms with Gasteiger partial charge in [-0.15, -0.1) is 10.2 Å². The van der Waals surface area contributed by atoms with Gasteiger partial charge in [-0.25, -0.2) is 0 Å². The summed E-state index contributed by atoms with van der Waals surface area (Å²) in [7, 11) is 0. The zero-order chi connectivity index (χ0) is 12.3. The van der Waals surface area contributed by atoms with Gasteiger partial charge in [0, 0.05) is 5.56 Å². The third kappa shape index (κ3) is 2.47. The lowest BCUT2D eigenvalue weighted by atomic mass is 10.2. The number of rotatable bonds is 3. The lowest BCUT2D eigenvalue weighted by Crippen LogP contribution is -1.95. The summed E-state index contributed by atoms with van der Waals surface area (Å²) in [4.78, 5) is 0. The maximum absolute atomic E-state index is 9.60. The molecule has 0 amide bonds. The van der Waals surface area contributed by atoms with Gasteiger partial charge < -0.3 is 5.11 Å². The molecule has 0 saturated carbocycles. The van der Waals surface area contributed by atoms with Crippen LogP contribution in [0.25, 0.3) is 0 Å². The molecule has 2 aromatic rings. The molecule has 1 aromatic carbocycles. The molecule has 0 atom stereocenters. The highest BCUT2D eigenvalue weighted by atomic mass is 32.2. The van der Waals surface area contributed by atoms with Gasteiger partial charge in [0.25, 0.3) is 0 Å². The van der Waals surface area contributed by atoms with Gasteiger partial charge in [0.15, 0.2) is 5.82 Å². The van der Waals surface area contributed by atoms with Crippen molar-refractivity contribution in [3.05, 3.63) is 35.7 Å². The molecule has 88 valence electrons. The van der Waals surface area contributed by atoms with Crippen molar-refractivity contribution >= 4 is 18.0 Å². The van der Waals surface area contributed by atoms with Gasteiger partial charge in [-0.1, -0.05) is 23.9 Å². The Morgan fingerprint density at radius 2 is 2.12 bits per heavy atom. The smallest absolute Gasteiger partial charge is 0.211 e. The number of hydrogen-bond donors (Lipinski definition) is 1. The number of aromatic nitrogens is 3. The lowest BCUT2D eigenvalue weighted by Gasteiger charge is -2.00. The summed E-state index contributed by atoms with van der Waals surface area (Å²) in [5, 5.41) is 22.5. The second kappa shape index (κ2) is 5.01. The van der Waals surface area contributed by atoms with Crippen LogP contribution in [0.2, 0.25) is 0 Å². The molecule has 5 nitrogen and oxygen atoms in total. The number of phenols is 1. The summed E-state index contributed by atoms with van der Waals surface area (Å²) in [5.41, 5.74) is 0.660. The molecular weight excluding hydrogens is 236 g/mol. The van der Waals surface area contributed by atoms with E-state index in [1.165, 1.54) is 11.8 Å². The van der Waals surface area contributed by atoms with Crippen molar-refractivity contribution in [1.29, 1.82) is 0 Å². The number of phenolic OH excluding ortho intramolecular Hbond substituents is 1. The first-order chi connectivity index (χ1) is 8.22. The molecule has 0 saturated heterocycles. The molecule has 1 aromatic heterocycles. The second-order valence-electron chi connectivity index (χ2n) is 3.35. The van der Waals surface area contributed by atoms with Crippen LogP contribution >= 0.6 is 11.8 Å². The van der Waals surface area contributed by atoms with E-state index < -0.39 is 0 Å². The molecule has 1 heterocycles. The van der Waals surface area contributed by atoms with Crippen molar-refractivity contribution in [3.8, 4) is 5.75 Å². The van der Waals surface area contributed by atoms with E-state index in [1.807, 2.05) is 19.2 Å². The van der Waals surface area contributed by atoms with Crippen molar-refractivity contribution in [2.75, 3.05) is 6.26 Å². The fourth-order valence-corrected chi connectivity index (χ4v) is 1.79. The Balaban J connectivity index is 2.32. The number of aryl methyl sites for hydroxylation is 1. The van der Waals surface area contributed by atoms with Crippen LogP contribution in [0.3, 0.4) is 0 Å². The zero-order valence-corrected chi connectivity index (χ0v) is 10.3. The van der Waals surface area contributed by atoms with E-state index in [0.717, 1.165) is 0 Å². The molecule has 0 unspecified atom stereocenters. The molecule has 0 aliphatic carbocycles. The van der Waals surface area contributed by atoms with Gasteiger partial charge in [-0.2, -0.15) is 9.78 Å². The first kappa shape index (κ1) is 11.7. The van der Waals surface area contributed by atoms with Gasteiger partial charge in [0.05, 0.1) is 6.21 Å². The second-order valence-corrected chi connectivity index (χ2v) is 4.12. The zero-order valence-electron chi connectivity index (χ0n) is 9.53. The molecule has 0 fully saturated rings. The van der Waals surface area contributed by atoms with Crippen molar-refractivity contribution in [1.82, 2.24) is 14.9 Å². The topological polar surface area (TPSA) is 63.3 Å². The summed E-state index contributed by atoms with van der Waals surface area (Å²) in [6.45, 7) is 1.83. The highest BCUT2D eigenvalue weighted by Gasteiger charge is 2.05. The molecule has 0 radical (unpaired) electrons. The number of thioether (sulfide) groups is 1. The van der Waals surface area contributed by atoms with Crippen LogP contribution in [-0.4, -0.2) is 32.5 Å². The Hall–Kier alpha value is -1.82. The summed E-state index contributed by atoms with van der Waals surface area (Å²) in [5.74, 6) is 0.911. The molecule has 0 spiro atoms. The summed E-state index contributed by atoms with van der Waals surface area (Å²) < 4.78 is 1.64. The standard InChI is InChI=1S/C11H12N4OS/c1-8-13-14-11(17-2)15(8)12-7-9-5-3-4-6-10(9)16/h3-7,16H,1-2H3/b12-7-. The van der Waals surface area contributed by atoms with Gasteiger partial charge >= 0.3 is 0 Å². The average molecular weight is 248 g/mol. The highest BCUT2D eigenvalue weighted by molar-refractivity contribution is 7.98. The third-order valence-electron chi connectivity index (χ3n) is 2.20. The quantitative estimate of drug-likeness (QED) is 0.665. The number of hydrogen-bond acceptors (Lipinski definition) is 5. The minimum Gasteiger partial charge on any atom is -0.507 e. The van der Waals surface area contributed by atoms with Crippen molar-refractivity contribution in [2.24, 2.45) is 5.10 Å². The predicted octanol–water partition coefficient (Wildman–Crippen LogP) is 1.90. The van der Waals surface area contributed by atoms with E-state index in [1.54, 1.807) is 29.1 Å². The maximum atomic E-state index is 9.60. The summed E-state index contributed by atoms with van der Waals surface area (Å²) in [6, 6.07) is 7.02. The molecule has 0 aliphatic heterocycles. The number of para-hydroxylation sites is 1. The van der Waals surface area contributed by atoms with E-state index in [-0.39, 0.29) is 5.75 Å². The van der Waals surface area contributed by atoms with Crippen LogP contribution in [-0.2, 0) is 0 Å². The minimum absolute atomic E-state index is 0.202. The Bertz CT molecular complexity index is 550. The highest BCUT2D eigenvalue weighted by Crippen LogP contribution is 2.15. The van der Waals surface area contributed by atoms with Gasteiger partial charge in [0.1, 0.15) is 5.75 Å².